The van der Waals surface area contributed by atoms with Crippen LogP contribution in [0.3, 0.4) is 0 Å². The molecule has 0 saturated heterocycles. The van der Waals surface area contributed by atoms with Crippen molar-refractivity contribution in [1.82, 2.24) is 0 Å². The molecule has 25 heavy (non-hydrogen) atoms. The quantitative estimate of drug-likeness (QED) is 0.628. The predicted molar refractivity (Wildman–Crippen MR) is 95.2 cm³/mol. The Morgan fingerprint density at radius 1 is 1.16 bits per heavy atom. The second-order valence-corrected chi connectivity index (χ2v) is 5.96. The van der Waals surface area contributed by atoms with Gasteiger partial charge < -0.3 is 19.3 Å². The van der Waals surface area contributed by atoms with E-state index in [4.69, 9.17) is 14.2 Å². The maximum Gasteiger partial charge on any atom is 0.185 e. The van der Waals surface area contributed by atoms with Crippen LogP contribution in [0.25, 0.3) is 0 Å². The second kappa shape index (κ2) is 7.57. The Hall–Kier alpha value is -2.53. The molecule has 0 heterocycles. The molecule has 1 aliphatic rings. The maximum atomic E-state index is 12.3. The van der Waals surface area contributed by atoms with Crippen LogP contribution < -0.4 is 0 Å². The van der Waals surface area contributed by atoms with E-state index in [0.717, 1.165) is 0 Å². The molecule has 5 heteroatoms. The lowest BCUT2D eigenvalue weighted by atomic mass is 9.79. The number of aliphatic hydroxyl groups is 1. The number of ketones is 1. The number of allylic oxidation sites excluding steroid dienone is 2. The molecular formula is C20H24O5. The van der Waals surface area contributed by atoms with Crippen molar-refractivity contribution in [2.24, 2.45) is 5.92 Å². The molecule has 0 bridgehead atoms. The van der Waals surface area contributed by atoms with E-state index in [2.05, 4.69) is 0 Å². The number of carbonyl (C=O) groups excluding carboxylic acids is 1. The fraction of sp³-hybridized carbons (Fsp3) is 0.350. The number of methoxy groups -OCH3 is 3. The van der Waals surface area contributed by atoms with Crippen molar-refractivity contribution < 1.29 is 24.1 Å². The van der Waals surface area contributed by atoms with Gasteiger partial charge in [0.25, 0.3) is 0 Å². The Morgan fingerprint density at radius 3 is 2.32 bits per heavy atom. The highest BCUT2D eigenvalue weighted by Gasteiger charge is 2.46. The number of rotatable bonds is 6. The van der Waals surface area contributed by atoms with Gasteiger partial charge in [0.15, 0.2) is 17.3 Å². The van der Waals surface area contributed by atoms with E-state index >= 15 is 0 Å². The Bertz CT molecular complexity index is 730. The average molecular weight is 344 g/mol. The van der Waals surface area contributed by atoms with Crippen LogP contribution >= 0.6 is 0 Å². The molecule has 0 radical (unpaired) electrons. The van der Waals surface area contributed by atoms with Crippen molar-refractivity contribution in [3.8, 4) is 0 Å². The van der Waals surface area contributed by atoms with Crippen molar-refractivity contribution in [2.75, 3.05) is 21.3 Å². The van der Waals surface area contributed by atoms with E-state index in [1.54, 1.807) is 37.5 Å². The van der Waals surface area contributed by atoms with E-state index in [9.17, 15) is 9.90 Å². The molecule has 2 atom stereocenters. The zero-order chi connectivity index (χ0) is 18.6. The van der Waals surface area contributed by atoms with Gasteiger partial charge in [0.05, 0.1) is 25.7 Å². The molecule has 0 aliphatic heterocycles. The average Bonchev–Trinajstić information content (AvgIpc) is 2.65. The summed E-state index contributed by atoms with van der Waals surface area (Å²) in [7, 11) is 4.56. The lowest BCUT2D eigenvalue weighted by molar-refractivity contribution is -0.0531. The van der Waals surface area contributed by atoms with Crippen LogP contribution in [0.4, 0.5) is 0 Å². The molecular weight excluding hydrogens is 320 g/mol. The zero-order valence-corrected chi connectivity index (χ0v) is 15.2. The van der Waals surface area contributed by atoms with Crippen LogP contribution in [0.2, 0.25) is 0 Å². The molecule has 1 aromatic rings. The topological polar surface area (TPSA) is 65.0 Å². The van der Waals surface area contributed by atoms with Crippen LogP contribution in [0, 0.1) is 5.92 Å². The van der Waals surface area contributed by atoms with Crippen molar-refractivity contribution in [2.45, 2.75) is 19.4 Å². The predicted octanol–water partition coefficient (Wildman–Crippen LogP) is 3.80. The smallest absolute Gasteiger partial charge is 0.185 e. The van der Waals surface area contributed by atoms with Crippen molar-refractivity contribution in [3.63, 3.8) is 0 Å². The van der Waals surface area contributed by atoms with Gasteiger partial charge in [0.2, 0.25) is 0 Å². The van der Waals surface area contributed by atoms with Crippen molar-refractivity contribution >= 4 is 5.78 Å². The van der Waals surface area contributed by atoms with Gasteiger partial charge >= 0.3 is 0 Å². The highest BCUT2D eigenvalue weighted by Crippen LogP contribution is 2.43. The summed E-state index contributed by atoms with van der Waals surface area (Å²) < 4.78 is 16.6. The lowest BCUT2D eigenvalue weighted by Crippen LogP contribution is -2.43. The third kappa shape index (κ3) is 3.33. The van der Waals surface area contributed by atoms with Crippen molar-refractivity contribution in [3.05, 3.63) is 70.9 Å². The molecule has 0 saturated carbocycles. The molecule has 0 fully saturated rings. The third-order valence-electron chi connectivity index (χ3n) is 4.71. The number of hydrogen-bond acceptors (Lipinski definition) is 5. The zero-order valence-electron chi connectivity index (χ0n) is 15.2. The SMILES string of the molecule is COC1=C(OC)C(C)(OC)C(C)C(O)=C1/C=C/C(=O)c1ccccc1. The van der Waals surface area contributed by atoms with Crippen molar-refractivity contribution in [1.29, 1.82) is 0 Å². The van der Waals surface area contributed by atoms with Crippen LogP contribution in [0.5, 0.6) is 0 Å². The standard InChI is InChI=1S/C20H24O5/c1-13-17(22)15(11-12-16(21)14-9-7-6-8-10-14)18(23-3)19(24-4)20(13,2)25-5/h6-13,22H,1-5H3/b12-11+. The van der Waals surface area contributed by atoms with E-state index in [-0.39, 0.29) is 17.5 Å². The summed E-state index contributed by atoms with van der Waals surface area (Å²) >= 11 is 0. The third-order valence-corrected chi connectivity index (χ3v) is 4.71. The Morgan fingerprint density at radius 2 is 1.80 bits per heavy atom. The molecule has 134 valence electrons. The molecule has 2 unspecified atom stereocenters. The first-order valence-corrected chi connectivity index (χ1v) is 7.99. The van der Waals surface area contributed by atoms with Gasteiger partial charge in [0, 0.05) is 12.7 Å². The fourth-order valence-corrected chi connectivity index (χ4v) is 2.94. The second-order valence-electron chi connectivity index (χ2n) is 5.96. The Labute approximate surface area is 148 Å². The highest BCUT2D eigenvalue weighted by molar-refractivity contribution is 6.04. The molecule has 0 amide bonds. The van der Waals surface area contributed by atoms with E-state index in [0.29, 0.717) is 22.7 Å². The molecule has 1 aliphatic carbocycles. The van der Waals surface area contributed by atoms with Gasteiger partial charge in [-0.1, -0.05) is 37.3 Å². The minimum absolute atomic E-state index is 0.0825. The Kier molecular flexibility index (Phi) is 5.69. The van der Waals surface area contributed by atoms with Gasteiger partial charge in [-0.2, -0.15) is 0 Å². The summed E-state index contributed by atoms with van der Waals surface area (Å²) in [6.45, 7) is 3.65. The van der Waals surface area contributed by atoms with Gasteiger partial charge in [-0.25, -0.2) is 0 Å². The van der Waals surface area contributed by atoms with E-state index in [1.165, 1.54) is 20.3 Å². The number of hydrogen-bond donors (Lipinski definition) is 1. The molecule has 1 aromatic carbocycles. The number of ether oxygens (including phenoxy) is 3. The van der Waals surface area contributed by atoms with Crippen LogP contribution in [0.1, 0.15) is 24.2 Å². The molecule has 0 spiro atoms. The van der Waals surface area contributed by atoms with Crippen LogP contribution in [-0.2, 0) is 14.2 Å². The van der Waals surface area contributed by atoms with E-state index in [1.807, 2.05) is 19.9 Å². The van der Waals surface area contributed by atoms with Gasteiger partial charge in [0.1, 0.15) is 11.4 Å². The maximum absolute atomic E-state index is 12.3. The van der Waals surface area contributed by atoms with Gasteiger partial charge in [-0.05, 0) is 19.1 Å². The monoisotopic (exact) mass is 344 g/mol. The minimum atomic E-state index is -0.870. The first-order valence-electron chi connectivity index (χ1n) is 7.99. The number of carbonyl (C=O) groups is 1. The lowest BCUT2D eigenvalue weighted by Gasteiger charge is -2.39. The Balaban J connectivity index is 2.47. The molecule has 5 nitrogen and oxygen atoms in total. The first-order chi connectivity index (χ1) is 11.9. The van der Waals surface area contributed by atoms with Crippen LogP contribution in [-0.4, -0.2) is 37.8 Å². The summed E-state index contributed by atoms with van der Waals surface area (Å²) in [6.07, 6.45) is 2.96. The summed E-state index contributed by atoms with van der Waals surface area (Å²) in [4.78, 5) is 12.3. The molecule has 1 N–H and O–H groups in total. The number of aliphatic hydroxyl groups excluding tert-OH is 1. The molecule has 2 rings (SSSR count). The minimum Gasteiger partial charge on any atom is -0.511 e. The largest absolute Gasteiger partial charge is 0.511 e. The normalized spacial score (nSPS) is 24.0. The highest BCUT2D eigenvalue weighted by atomic mass is 16.5. The first kappa shape index (κ1) is 18.8. The van der Waals surface area contributed by atoms with Gasteiger partial charge in [-0.3, -0.25) is 4.79 Å². The van der Waals surface area contributed by atoms with E-state index < -0.39 is 5.60 Å². The summed E-state index contributed by atoms with van der Waals surface area (Å²) in [5.41, 5.74) is 0.107. The number of benzene rings is 1. The summed E-state index contributed by atoms with van der Waals surface area (Å²) in [5.74, 6) is 0.356. The van der Waals surface area contributed by atoms with Crippen LogP contribution in [0.15, 0.2) is 65.3 Å². The van der Waals surface area contributed by atoms with Gasteiger partial charge in [-0.15, -0.1) is 0 Å². The molecule has 0 aromatic heterocycles. The summed E-state index contributed by atoms with van der Waals surface area (Å²) in [6, 6.07) is 8.92. The fourth-order valence-electron chi connectivity index (χ4n) is 2.94. The summed E-state index contributed by atoms with van der Waals surface area (Å²) in [5, 5.41) is 10.7.